The summed E-state index contributed by atoms with van der Waals surface area (Å²) in [7, 11) is -2.12. The van der Waals surface area contributed by atoms with E-state index in [4.69, 9.17) is 18.6 Å². The zero-order valence-corrected chi connectivity index (χ0v) is 24.3. The predicted octanol–water partition coefficient (Wildman–Crippen LogP) is 4.90. The number of fused-ring (bicyclic) bond motifs is 3. The molecule has 2 aliphatic rings. The van der Waals surface area contributed by atoms with Crippen molar-refractivity contribution in [2.24, 2.45) is 18.9 Å². The number of pyridine rings is 2. The highest BCUT2D eigenvalue weighted by molar-refractivity contribution is 7.91. The molecule has 218 valence electrons. The third-order valence-electron chi connectivity index (χ3n) is 8.37. The summed E-state index contributed by atoms with van der Waals surface area (Å²) in [6, 6.07) is 11.6. The Kier molecular flexibility index (Phi) is 5.91. The van der Waals surface area contributed by atoms with Gasteiger partial charge in [0.1, 0.15) is 10.4 Å². The van der Waals surface area contributed by atoms with E-state index in [-0.39, 0.29) is 22.5 Å². The Morgan fingerprint density at radius 1 is 1.12 bits per heavy atom. The molecular weight excluding hydrogens is 552 g/mol. The lowest BCUT2D eigenvalue weighted by atomic mass is 9.86. The Hall–Kier alpha value is -3.83. The highest BCUT2D eigenvalue weighted by Gasteiger charge is 2.34. The Morgan fingerprint density at radius 3 is 2.62 bits per heavy atom. The molecule has 0 radical (unpaired) electrons. The molecule has 42 heavy (non-hydrogen) atoms. The van der Waals surface area contributed by atoms with Gasteiger partial charge in [-0.3, -0.25) is 4.98 Å². The number of aromatic nitrogens is 6. The van der Waals surface area contributed by atoms with E-state index in [9.17, 15) is 8.42 Å². The Labute approximate surface area is 248 Å². The van der Waals surface area contributed by atoms with E-state index in [0.29, 0.717) is 64.8 Å². The number of nitrogens with zero attached hydrogens (tertiary/aromatic N) is 6. The lowest BCUT2D eigenvalue weighted by Crippen LogP contribution is -2.27. The molecule has 1 aliphatic heterocycles. The van der Waals surface area contributed by atoms with E-state index in [1.54, 1.807) is 13.2 Å². The van der Waals surface area contributed by atoms with Crippen LogP contribution in [0.3, 0.4) is 0 Å². The van der Waals surface area contributed by atoms with Gasteiger partial charge in [0.15, 0.2) is 9.84 Å². The molecule has 1 aliphatic carbocycles. The van der Waals surface area contributed by atoms with Crippen molar-refractivity contribution in [1.29, 1.82) is 0 Å². The first kappa shape index (κ1) is 23.7. The van der Waals surface area contributed by atoms with Gasteiger partial charge in [0, 0.05) is 42.4 Å². The first-order valence-electron chi connectivity index (χ1n) is 15.7. The van der Waals surface area contributed by atoms with E-state index in [1.165, 1.54) is 17.1 Å². The van der Waals surface area contributed by atoms with Crippen LogP contribution in [0, 0.1) is 18.7 Å². The van der Waals surface area contributed by atoms with E-state index in [1.807, 2.05) is 24.3 Å². The first-order chi connectivity index (χ1) is 21.5. The summed E-state index contributed by atoms with van der Waals surface area (Å²) in [5, 5.41) is 8.50. The van der Waals surface area contributed by atoms with E-state index >= 15 is 0 Å². The van der Waals surface area contributed by atoms with Gasteiger partial charge in [-0.15, -0.1) is 5.10 Å². The number of hydrogen-bond acceptors (Lipinski definition) is 8. The summed E-state index contributed by atoms with van der Waals surface area (Å²) in [5.41, 5.74) is 3.32. The Balaban J connectivity index is 1.60. The van der Waals surface area contributed by atoms with Gasteiger partial charge in [0.2, 0.25) is 5.88 Å². The van der Waals surface area contributed by atoms with Crippen LogP contribution in [0.25, 0.3) is 33.2 Å². The topological polar surface area (TPSA) is 114 Å². The van der Waals surface area contributed by atoms with Crippen molar-refractivity contribution in [3.05, 3.63) is 60.0 Å². The van der Waals surface area contributed by atoms with Gasteiger partial charge >= 0.3 is 0 Å². The summed E-state index contributed by atoms with van der Waals surface area (Å²) in [6.07, 6.45) is 7.87. The van der Waals surface area contributed by atoms with Gasteiger partial charge in [-0.25, -0.2) is 18.1 Å². The molecule has 0 N–H and O–H groups in total. The summed E-state index contributed by atoms with van der Waals surface area (Å²) >= 11 is 0. The van der Waals surface area contributed by atoms with Crippen molar-refractivity contribution in [3.8, 4) is 17.1 Å². The van der Waals surface area contributed by atoms with Crippen molar-refractivity contribution >= 4 is 31.8 Å². The second-order valence-electron chi connectivity index (χ2n) is 11.4. The van der Waals surface area contributed by atoms with Crippen LogP contribution in [-0.4, -0.2) is 64.0 Å². The fourth-order valence-electron chi connectivity index (χ4n) is 6.14. The molecular formula is C31H34N6O4S. The van der Waals surface area contributed by atoms with Crippen molar-refractivity contribution in [3.63, 3.8) is 0 Å². The zero-order valence-electron chi connectivity index (χ0n) is 26.5. The third kappa shape index (κ3) is 4.74. The van der Waals surface area contributed by atoms with E-state index in [2.05, 4.69) is 32.0 Å². The van der Waals surface area contributed by atoms with Gasteiger partial charge in [-0.05, 0) is 56.0 Å². The lowest BCUT2D eigenvalue weighted by molar-refractivity contribution is 0.0552. The highest BCUT2D eigenvalue weighted by atomic mass is 32.2. The normalized spacial score (nSPS) is 18.6. The number of rotatable bonds is 8. The zero-order chi connectivity index (χ0) is 31.5. The average Bonchev–Trinajstić information content (AvgIpc) is 3.67. The maximum atomic E-state index is 13.4. The molecule has 1 saturated heterocycles. The molecule has 10 nitrogen and oxygen atoms in total. The standard InChI is InChI=1S/C31H34N6O4S/c1-19-28(36(2)35-34-19)23-15-24-27(32-16-23)26-30(25(42(3,38)39)17-33-31(26)41-18-20-9-10-20)37(24)29(21-7-5-4-6-8-21)22-11-13-40-14-12-22/h4-8,15-17,20,22,29H,9-14,18H2,1-3H3/t29-/m1/s1/i1D3. The smallest absolute Gasteiger partial charge is 0.225 e. The van der Waals surface area contributed by atoms with Crippen LogP contribution in [0.15, 0.2) is 53.7 Å². The molecule has 7 rings (SSSR count). The summed E-state index contributed by atoms with van der Waals surface area (Å²) in [6.45, 7) is -0.839. The van der Waals surface area contributed by atoms with Crippen molar-refractivity contribution in [2.75, 3.05) is 26.1 Å². The summed E-state index contributed by atoms with van der Waals surface area (Å²) in [5.74, 6) is 0.882. The monoisotopic (exact) mass is 589 g/mol. The van der Waals surface area contributed by atoms with Crippen LogP contribution in [0.1, 0.15) is 47.1 Å². The van der Waals surface area contributed by atoms with Crippen LogP contribution in [-0.2, 0) is 21.6 Å². The van der Waals surface area contributed by atoms with Crippen LogP contribution in [0.4, 0.5) is 0 Å². The van der Waals surface area contributed by atoms with Crippen LogP contribution >= 0.6 is 0 Å². The first-order valence-corrected chi connectivity index (χ1v) is 16.1. The SMILES string of the molecule is [2H]C([2H])([2H])c1nnn(C)c1-c1cnc2c3c(OCC4CC4)ncc(S(C)(=O)=O)c3n([C@H](c3ccccc3)C3CCOCC3)c2c1. The Morgan fingerprint density at radius 2 is 1.90 bits per heavy atom. The second kappa shape index (κ2) is 10.5. The van der Waals surface area contributed by atoms with Gasteiger partial charge in [-0.2, -0.15) is 0 Å². The molecule has 2 fully saturated rings. The number of sulfone groups is 1. The van der Waals surface area contributed by atoms with Gasteiger partial charge in [-0.1, -0.05) is 35.5 Å². The Bertz CT molecular complexity index is 2000. The van der Waals surface area contributed by atoms with Crippen molar-refractivity contribution in [1.82, 2.24) is 29.5 Å². The largest absolute Gasteiger partial charge is 0.477 e. The molecule has 0 bridgehead atoms. The summed E-state index contributed by atoms with van der Waals surface area (Å²) in [4.78, 5) is 9.50. The minimum Gasteiger partial charge on any atom is -0.477 e. The maximum absolute atomic E-state index is 13.4. The number of ether oxygens (including phenoxy) is 2. The van der Waals surface area contributed by atoms with Crippen molar-refractivity contribution in [2.45, 2.75) is 43.5 Å². The highest BCUT2D eigenvalue weighted by Crippen LogP contribution is 2.45. The molecule has 5 heterocycles. The van der Waals surface area contributed by atoms with E-state index < -0.39 is 16.7 Å². The molecule has 0 amide bonds. The van der Waals surface area contributed by atoms with Crippen molar-refractivity contribution < 1.29 is 22.0 Å². The summed E-state index contributed by atoms with van der Waals surface area (Å²) < 4.78 is 66.6. The van der Waals surface area contributed by atoms with E-state index in [0.717, 1.165) is 31.2 Å². The molecule has 11 heteroatoms. The lowest BCUT2D eigenvalue weighted by Gasteiger charge is -2.33. The van der Waals surface area contributed by atoms with Crippen LogP contribution in [0.5, 0.6) is 5.88 Å². The minimum absolute atomic E-state index is 0.0780. The molecule has 4 aromatic heterocycles. The molecule has 5 aromatic rings. The number of aryl methyl sites for hydroxylation is 2. The predicted molar refractivity (Wildman–Crippen MR) is 159 cm³/mol. The molecule has 0 spiro atoms. The van der Waals surface area contributed by atoms with Crippen LogP contribution < -0.4 is 4.74 Å². The quantitative estimate of drug-likeness (QED) is 0.251. The fraction of sp³-hybridized carbons (Fsp3) is 0.419. The average molecular weight is 590 g/mol. The molecule has 0 unspecified atom stereocenters. The fourth-order valence-corrected chi connectivity index (χ4v) is 6.94. The van der Waals surface area contributed by atoms with Crippen LogP contribution in [0.2, 0.25) is 0 Å². The molecule has 1 aromatic carbocycles. The van der Waals surface area contributed by atoms with Gasteiger partial charge in [0.25, 0.3) is 0 Å². The number of benzene rings is 1. The third-order valence-corrected chi connectivity index (χ3v) is 9.47. The molecule has 1 saturated carbocycles. The minimum atomic E-state index is -3.76. The second-order valence-corrected chi connectivity index (χ2v) is 13.3. The molecule has 1 atom stereocenters. The van der Waals surface area contributed by atoms with Gasteiger partial charge in [0.05, 0.1) is 46.7 Å². The van der Waals surface area contributed by atoms with Gasteiger partial charge < -0.3 is 14.0 Å². The number of hydrogen-bond donors (Lipinski definition) is 0. The maximum Gasteiger partial charge on any atom is 0.225 e.